The molecule has 0 bridgehead atoms. The van der Waals surface area contributed by atoms with E-state index in [0.717, 1.165) is 53.8 Å². The standard InChI is InChI=1S/C21H26N4O4.C10H11BrN2O3/c1-21(2,3)29-20(27)25-9-6-13(25)12-28-18-11-22-7-4-14(18)17-10-15-16(24-17)5-8-23-19(15)26;11-8-2-3-12-6-9(8)15-7-16-10(14)13-4-1-5-13/h4,7,10-11,13,24H,5-6,8-9,12H2,1-3H3,(H,23,26);2-3,6H,1,4-5,7H2/t13-;/m1./s1. The van der Waals surface area contributed by atoms with Gasteiger partial charge in [-0.3, -0.25) is 14.8 Å². The van der Waals surface area contributed by atoms with Crippen LogP contribution in [0.15, 0.2) is 47.5 Å². The zero-order valence-corrected chi connectivity index (χ0v) is 27.1. The van der Waals surface area contributed by atoms with Crippen molar-refractivity contribution in [2.75, 3.05) is 39.6 Å². The van der Waals surface area contributed by atoms with Gasteiger partial charge in [0.1, 0.15) is 18.0 Å². The van der Waals surface area contributed by atoms with Crippen LogP contribution in [0.2, 0.25) is 0 Å². The van der Waals surface area contributed by atoms with Gasteiger partial charge in [0.2, 0.25) is 6.79 Å². The zero-order valence-electron chi connectivity index (χ0n) is 25.5. The highest BCUT2D eigenvalue weighted by atomic mass is 79.9. The predicted molar refractivity (Wildman–Crippen MR) is 167 cm³/mol. The Labute approximate surface area is 269 Å². The average Bonchev–Trinajstić information content (AvgIpc) is 3.38. The minimum atomic E-state index is -0.520. The lowest BCUT2D eigenvalue weighted by Crippen LogP contribution is -2.55. The first kappa shape index (κ1) is 32.1. The van der Waals surface area contributed by atoms with Crippen LogP contribution in [0.4, 0.5) is 9.59 Å². The molecule has 0 aromatic carbocycles. The Hall–Kier alpha value is -4.33. The van der Waals surface area contributed by atoms with Gasteiger partial charge in [-0.05, 0) is 67.7 Å². The van der Waals surface area contributed by atoms with Gasteiger partial charge in [-0.1, -0.05) is 0 Å². The molecule has 0 unspecified atom stereocenters. The number of aromatic nitrogens is 3. The maximum atomic E-state index is 12.3. The molecule has 2 fully saturated rings. The van der Waals surface area contributed by atoms with Gasteiger partial charge in [0.05, 0.1) is 34.2 Å². The van der Waals surface area contributed by atoms with Crippen molar-refractivity contribution in [2.45, 2.75) is 51.7 Å². The van der Waals surface area contributed by atoms with Crippen molar-refractivity contribution in [3.05, 3.63) is 58.7 Å². The largest absolute Gasteiger partial charge is 0.489 e. The van der Waals surface area contributed by atoms with Crippen molar-refractivity contribution in [2.24, 2.45) is 0 Å². The van der Waals surface area contributed by atoms with Crippen molar-refractivity contribution in [3.8, 4) is 22.8 Å². The lowest BCUT2D eigenvalue weighted by atomic mass is 10.1. The first-order chi connectivity index (χ1) is 21.6. The van der Waals surface area contributed by atoms with Gasteiger partial charge >= 0.3 is 12.2 Å². The Morgan fingerprint density at radius 2 is 1.78 bits per heavy atom. The van der Waals surface area contributed by atoms with Crippen molar-refractivity contribution in [3.63, 3.8) is 0 Å². The fourth-order valence-corrected chi connectivity index (χ4v) is 5.05. The Balaban J connectivity index is 0.000000211. The highest BCUT2D eigenvalue weighted by Gasteiger charge is 2.36. The van der Waals surface area contributed by atoms with Gasteiger partial charge in [-0.25, -0.2) is 9.59 Å². The molecule has 3 aromatic heterocycles. The predicted octanol–water partition coefficient (Wildman–Crippen LogP) is 4.77. The molecule has 2 saturated heterocycles. The van der Waals surface area contributed by atoms with Gasteiger partial charge in [0.25, 0.3) is 5.91 Å². The molecule has 1 atom stereocenters. The molecule has 45 heavy (non-hydrogen) atoms. The smallest absolute Gasteiger partial charge is 0.412 e. The third-order valence-electron chi connectivity index (χ3n) is 7.33. The van der Waals surface area contributed by atoms with Crippen molar-refractivity contribution >= 4 is 34.0 Å². The number of nitrogens with zero attached hydrogens (tertiary/aromatic N) is 4. The maximum Gasteiger partial charge on any atom is 0.412 e. The molecule has 14 heteroatoms. The topological polar surface area (TPSA) is 148 Å². The van der Waals surface area contributed by atoms with E-state index in [9.17, 15) is 14.4 Å². The number of ether oxygens (including phenoxy) is 4. The fourth-order valence-electron chi connectivity index (χ4n) is 4.72. The zero-order chi connectivity index (χ0) is 32.0. The van der Waals surface area contributed by atoms with Crippen LogP contribution in [-0.2, 0) is 15.9 Å². The lowest BCUT2D eigenvalue weighted by molar-refractivity contribution is -0.0141. The van der Waals surface area contributed by atoms with Crippen LogP contribution in [0.25, 0.3) is 11.3 Å². The molecule has 3 aromatic rings. The summed E-state index contributed by atoms with van der Waals surface area (Å²) in [4.78, 5) is 50.4. The summed E-state index contributed by atoms with van der Waals surface area (Å²) in [7, 11) is 0. The molecular formula is C31H37BrN6O7. The number of amides is 3. The monoisotopic (exact) mass is 684 g/mol. The summed E-state index contributed by atoms with van der Waals surface area (Å²) in [5.74, 6) is 1.11. The first-order valence-electron chi connectivity index (χ1n) is 14.8. The minimum Gasteiger partial charge on any atom is -0.489 e. The molecule has 0 saturated carbocycles. The second-order valence-electron chi connectivity index (χ2n) is 11.7. The van der Waals surface area contributed by atoms with Crippen LogP contribution in [-0.4, -0.2) is 94.1 Å². The van der Waals surface area contributed by atoms with Crippen molar-refractivity contribution in [1.82, 2.24) is 30.1 Å². The molecule has 2 N–H and O–H groups in total. The molecule has 240 valence electrons. The molecule has 3 aliphatic heterocycles. The van der Waals surface area contributed by atoms with Crippen molar-refractivity contribution < 1.29 is 33.3 Å². The highest BCUT2D eigenvalue weighted by molar-refractivity contribution is 9.10. The van der Waals surface area contributed by atoms with Crippen LogP contribution < -0.4 is 14.8 Å². The number of likely N-dealkylation sites (tertiary alicyclic amines) is 2. The molecule has 3 aliphatic rings. The van der Waals surface area contributed by atoms with Gasteiger partial charge in [0.15, 0.2) is 5.75 Å². The number of carbonyl (C=O) groups excluding carboxylic acids is 3. The third kappa shape index (κ3) is 8.24. The number of fused-ring (bicyclic) bond motifs is 1. The first-order valence-corrected chi connectivity index (χ1v) is 15.6. The van der Waals surface area contributed by atoms with Gasteiger partial charge in [-0.15, -0.1) is 0 Å². The summed E-state index contributed by atoms with van der Waals surface area (Å²) in [6, 6.07) is 5.44. The van der Waals surface area contributed by atoms with E-state index in [0.29, 0.717) is 36.8 Å². The summed E-state index contributed by atoms with van der Waals surface area (Å²) >= 11 is 3.30. The summed E-state index contributed by atoms with van der Waals surface area (Å²) in [6.07, 6.45) is 8.60. The Kier molecular flexibility index (Phi) is 10.1. The molecule has 0 radical (unpaired) electrons. The second kappa shape index (κ2) is 14.2. The number of halogens is 1. The van der Waals surface area contributed by atoms with Crippen molar-refractivity contribution in [1.29, 1.82) is 0 Å². The van der Waals surface area contributed by atoms with E-state index in [1.165, 1.54) is 0 Å². The molecule has 13 nitrogen and oxygen atoms in total. The van der Waals surface area contributed by atoms with E-state index in [2.05, 4.69) is 36.2 Å². The normalized spacial score (nSPS) is 17.0. The fraction of sp³-hybridized carbons (Fsp3) is 0.452. The number of hydrogen-bond donors (Lipinski definition) is 2. The van der Waals surface area contributed by atoms with E-state index < -0.39 is 5.60 Å². The highest BCUT2D eigenvalue weighted by Crippen LogP contribution is 2.32. The summed E-state index contributed by atoms with van der Waals surface area (Å²) in [5, 5.41) is 2.85. The molecular weight excluding hydrogens is 648 g/mol. The third-order valence-corrected chi connectivity index (χ3v) is 7.98. The molecule has 6 heterocycles. The number of pyridine rings is 2. The van der Waals surface area contributed by atoms with Gasteiger partial charge in [-0.2, -0.15) is 0 Å². The van der Waals surface area contributed by atoms with Crippen LogP contribution in [0.1, 0.15) is 49.7 Å². The van der Waals surface area contributed by atoms with Gasteiger partial charge in [0, 0.05) is 56.3 Å². The Bertz CT molecular complexity index is 1520. The number of aromatic amines is 1. The summed E-state index contributed by atoms with van der Waals surface area (Å²) in [6.45, 7) is 8.68. The second-order valence-corrected chi connectivity index (χ2v) is 12.6. The minimum absolute atomic E-state index is 0.0273. The maximum absolute atomic E-state index is 12.3. The number of carbonyl (C=O) groups is 3. The van der Waals surface area contributed by atoms with Crippen LogP contribution in [0.5, 0.6) is 11.5 Å². The molecule has 0 spiro atoms. The van der Waals surface area contributed by atoms with Gasteiger partial charge < -0.3 is 39.0 Å². The Morgan fingerprint density at radius 3 is 2.42 bits per heavy atom. The Morgan fingerprint density at radius 1 is 1.02 bits per heavy atom. The molecule has 3 amide bonds. The van der Waals surface area contributed by atoms with Crippen LogP contribution in [0, 0.1) is 0 Å². The SMILES string of the molecule is CC(C)(C)OC(=O)N1CC[C@@H]1COc1cnccc1-c1cc2c([nH]1)CCNC2=O.O=C(OCOc1cnccc1Br)N1CCC1. The molecule has 6 rings (SSSR count). The van der Waals surface area contributed by atoms with Crippen LogP contribution in [0.3, 0.4) is 0 Å². The lowest BCUT2D eigenvalue weighted by Gasteiger charge is -2.41. The quantitative estimate of drug-likeness (QED) is 0.336. The average molecular weight is 686 g/mol. The number of H-pyrrole nitrogens is 1. The number of nitrogens with one attached hydrogen (secondary N) is 2. The molecule has 0 aliphatic carbocycles. The van der Waals surface area contributed by atoms with E-state index in [1.807, 2.05) is 32.9 Å². The summed E-state index contributed by atoms with van der Waals surface area (Å²) in [5.41, 5.74) is 2.74. The summed E-state index contributed by atoms with van der Waals surface area (Å²) < 4.78 is 22.4. The number of rotatable bonds is 7. The van der Waals surface area contributed by atoms with Crippen LogP contribution >= 0.6 is 15.9 Å². The van der Waals surface area contributed by atoms with E-state index in [4.69, 9.17) is 18.9 Å². The van der Waals surface area contributed by atoms with E-state index >= 15 is 0 Å². The number of hydrogen-bond acceptors (Lipinski definition) is 9. The van der Waals surface area contributed by atoms with E-state index in [-0.39, 0.29) is 30.9 Å². The van der Waals surface area contributed by atoms with E-state index in [1.54, 1.807) is 40.7 Å².